The predicted molar refractivity (Wildman–Crippen MR) is 103 cm³/mol. The zero-order chi connectivity index (χ0) is 15.8. The lowest BCUT2D eigenvalue weighted by molar-refractivity contribution is 0.197. The minimum atomic E-state index is -0.375. The number of rotatable bonds is 6. The van der Waals surface area contributed by atoms with Crippen LogP contribution in [0.1, 0.15) is 13.3 Å². The molecule has 0 aliphatic carbocycles. The third-order valence-electron chi connectivity index (χ3n) is 3.10. The van der Waals surface area contributed by atoms with Crippen LogP contribution in [0.15, 0.2) is 59.6 Å². The number of guanidine groups is 1. The van der Waals surface area contributed by atoms with Crippen molar-refractivity contribution in [1.82, 2.24) is 0 Å². The average Bonchev–Trinajstić information content (AvgIpc) is 2.54. The van der Waals surface area contributed by atoms with Crippen LogP contribution in [0, 0.1) is 5.82 Å². The molecule has 2 aromatic rings. The summed E-state index contributed by atoms with van der Waals surface area (Å²) >= 11 is 0. The molecule has 0 aliphatic heterocycles. The van der Waals surface area contributed by atoms with Crippen molar-refractivity contribution in [3.8, 4) is 5.75 Å². The van der Waals surface area contributed by atoms with Gasteiger partial charge in [0, 0.05) is 5.69 Å². The van der Waals surface area contributed by atoms with Gasteiger partial charge in [-0.2, -0.15) is 0 Å². The first-order chi connectivity index (χ1) is 10.7. The van der Waals surface area contributed by atoms with Crippen LogP contribution in [0.3, 0.4) is 0 Å². The first kappa shape index (κ1) is 19.2. The van der Waals surface area contributed by atoms with Crippen LogP contribution in [0.25, 0.3) is 0 Å². The van der Waals surface area contributed by atoms with Gasteiger partial charge in [0.2, 0.25) is 0 Å². The summed E-state index contributed by atoms with van der Waals surface area (Å²) < 4.78 is 19.2. The van der Waals surface area contributed by atoms with Crippen molar-refractivity contribution < 1.29 is 9.13 Å². The Kier molecular flexibility index (Phi) is 8.39. The van der Waals surface area contributed by atoms with E-state index < -0.39 is 0 Å². The molecule has 1 atom stereocenters. The number of halogens is 2. The summed E-state index contributed by atoms with van der Waals surface area (Å²) in [6.45, 7) is 2.32. The van der Waals surface area contributed by atoms with Gasteiger partial charge in [-0.1, -0.05) is 37.3 Å². The van der Waals surface area contributed by atoms with E-state index in [1.54, 1.807) is 18.2 Å². The average molecular weight is 429 g/mol. The predicted octanol–water partition coefficient (Wildman–Crippen LogP) is 4.03. The van der Waals surface area contributed by atoms with Gasteiger partial charge in [-0.05, 0) is 30.7 Å². The highest BCUT2D eigenvalue weighted by Crippen LogP contribution is 2.18. The summed E-state index contributed by atoms with van der Waals surface area (Å²) in [7, 11) is 0. The molecule has 23 heavy (non-hydrogen) atoms. The lowest BCUT2D eigenvalue weighted by Crippen LogP contribution is -2.26. The SMILES string of the molecule is CCC(CN=C(N)Nc1ccccc1)Oc1ccccc1F.I. The third-order valence-corrected chi connectivity index (χ3v) is 3.10. The summed E-state index contributed by atoms with van der Waals surface area (Å²) in [6, 6.07) is 15.9. The van der Waals surface area contributed by atoms with Crippen LogP contribution >= 0.6 is 24.0 Å². The van der Waals surface area contributed by atoms with Gasteiger partial charge in [0.1, 0.15) is 6.10 Å². The molecule has 3 N–H and O–H groups in total. The monoisotopic (exact) mass is 429 g/mol. The van der Waals surface area contributed by atoms with Gasteiger partial charge < -0.3 is 15.8 Å². The number of nitrogens with two attached hydrogens (primary N) is 1. The van der Waals surface area contributed by atoms with Gasteiger partial charge in [-0.15, -0.1) is 24.0 Å². The number of aliphatic imine (C=N–C) groups is 1. The normalized spacial score (nSPS) is 12.2. The van der Waals surface area contributed by atoms with Crippen molar-refractivity contribution in [1.29, 1.82) is 0 Å². The molecule has 0 amide bonds. The molecule has 0 aliphatic rings. The number of para-hydroxylation sites is 2. The van der Waals surface area contributed by atoms with Gasteiger partial charge >= 0.3 is 0 Å². The Hall–Kier alpha value is -1.83. The zero-order valence-electron chi connectivity index (χ0n) is 12.9. The molecule has 2 aromatic carbocycles. The number of nitrogens with zero attached hydrogens (tertiary/aromatic N) is 1. The third kappa shape index (κ3) is 6.43. The van der Waals surface area contributed by atoms with Crippen LogP contribution in [-0.2, 0) is 0 Å². The molecule has 0 bridgehead atoms. The first-order valence-electron chi connectivity index (χ1n) is 7.22. The summed E-state index contributed by atoms with van der Waals surface area (Å²) in [5.41, 5.74) is 6.71. The van der Waals surface area contributed by atoms with Crippen molar-refractivity contribution in [2.75, 3.05) is 11.9 Å². The summed E-state index contributed by atoms with van der Waals surface area (Å²) in [4.78, 5) is 4.25. The van der Waals surface area contributed by atoms with Crippen molar-refractivity contribution in [2.24, 2.45) is 10.7 Å². The molecular weight excluding hydrogens is 408 g/mol. The molecule has 0 fully saturated rings. The maximum absolute atomic E-state index is 13.6. The summed E-state index contributed by atoms with van der Waals surface area (Å²) in [6.07, 6.45) is 0.476. The van der Waals surface area contributed by atoms with E-state index >= 15 is 0 Å². The Morgan fingerprint density at radius 1 is 1.17 bits per heavy atom. The molecule has 6 heteroatoms. The molecule has 0 heterocycles. The number of nitrogens with one attached hydrogen (secondary N) is 1. The smallest absolute Gasteiger partial charge is 0.193 e. The Labute approximate surface area is 153 Å². The van der Waals surface area contributed by atoms with E-state index in [0.29, 0.717) is 18.9 Å². The molecule has 4 nitrogen and oxygen atoms in total. The van der Waals surface area contributed by atoms with E-state index in [9.17, 15) is 4.39 Å². The summed E-state index contributed by atoms with van der Waals surface area (Å²) in [5, 5.41) is 2.99. The molecule has 0 radical (unpaired) electrons. The standard InChI is InChI=1S/C17H20FN3O.HI/c1-2-14(22-16-11-7-6-10-15(16)18)12-20-17(19)21-13-8-4-3-5-9-13;/h3-11,14H,2,12H2,1H3,(H3,19,20,21);1H. The minimum Gasteiger partial charge on any atom is -0.485 e. The van der Waals surface area contributed by atoms with Gasteiger partial charge in [-0.25, -0.2) is 9.38 Å². The zero-order valence-corrected chi connectivity index (χ0v) is 15.2. The molecule has 0 aromatic heterocycles. The Morgan fingerprint density at radius 2 is 1.83 bits per heavy atom. The van der Waals surface area contributed by atoms with Gasteiger partial charge in [0.05, 0.1) is 6.54 Å². The van der Waals surface area contributed by atoms with Crippen molar-refractivity contribution in [3.63, 3.8) is 0 Å². The molecule has 0 saturated heterocycles. The number of benzene rings is 2. The van der Waals surface area contributed by atoms with Crippen LogP contribution < -0.4 is 15.8 Å². The fourth-order valence-electron chi connectivity index (χ4n) is 1.88. The number of hydrogen-bond donors (Lipinski definition) is 2. The molecular formula is C17H21FIN3O. The lowest BCUT2D eigenvalue weighted by Gasteiger charge is -2.16. The van der Waals surface area contributed by atoms with Crippen LogP contribution in [0.2, 0.25) is 0 Å². The molecule has 124 valence electrons. The van der Waals surface area contributed by atoms with E-state index in [2.05, 4.69) is 10.3 Å². The fourth-order valence-corrected chi connectivity index (χ4v) is 1.88. The quantitative estimate of drug-likeness (QED) is 0.414. The van der Waals surface area contributed by atoms with E-state index in [-0.39, 0.29) is 41.6 Å². The van der Waals surface area contributed by atoms with Crippen molar-refractivity contribution >= 4 is 35.6 Å². The topological polar surface area (TPSA) is 59.6 Å². The Morgan fingerprint density at radius 3 is 2.48 bits per heavy atom. The maximum atomic E-state index is 13.6. The van der Waals surface area contributed by atoms with Crippen molar-refractivity contribution in [3.05, 3.63) is 60.4 Å². The van der Waals surface area contributed by atoms with Crippen molar-refractivity contribution in [2.45, 2.75) is 19.4 Å². The minimum absolute atomic E-state index is 0. The highest BCUT2D eigenvalue weighted by atomic mass is 127. The van der Waals surface area contributed by atoms with Crippen LogP contribution in [0.4, 0.5) is 10.1 Å². The second-order valence-corrected chi connectivity index (χ2v) is 4.80. The Balaban J connectivity index is 0.00000264. The van der Waals surface area contributed by atoms with Crippen LogP contribution in [-0.4, -0.2) is 18.6 Å². The number of hydrogen-bond acceptors (Lipinski definition) is 2. The van der Waals surface area contributed by atoms with E-state index in [1.807, 2.05) is 37.3 Å². The molecule has 0 saturated carbocycles. The van der Waals surface area contributed by atoms with Gasteiger partial charge in [0.25, 0.3) is 0 Å². The first-order valence-corrected chi connectivity index (χ1v) is 7.22. The lowest BCUT2D eigenvalue weighted by atomic mass is 10.2. The molecule has 1 unspecified atom stereocenters. The number of anilines is 1. The largest absolute Gasteiger partial charge is 0.485 e. The van der Waals surface area contributed by atoms with E-state index in [4.69, 9.17) is 10.5 Å². The van der Waals surface area contributed by atoms with Gasteiger partial charge in [0.15, 0.2) is 17.5 Å². The van der Waals surface area contributed by atoms with Gasteiger partial charge in [-0.3, -0.25) is 0 Å². The summed E-state index contributed by atoms with van der Waals surface area (Å²) in [5.74, 6) is 0.168. The second kappa shape index (κ2) is 10.0. The Bertz CT molecular complexity index is 622. The maximum Gasteiger partial charge on any atom is 0.193 e. The fraction of sp³-hybridized carbons (Fsp3) is 0.235. The second-order valence-electron chi connectivity index (χ2n) is 4.80. The molecule has 2 rings (SSSR count). The van der Waals surface area contributed by atoms with E-state index in [1.165, 1.54) is 6.07 Å². The highest BCUT2D eigenvalue weighted by molar-refractivity contribution is 14.0. The van der Waals surface area contributed by atoms with Crippen LogP contribution in [0.5, 0.6) is 5.75 Å². The number of ether oxygens (including phenoxy) is 1. The van der Waals surface area contributed by atoms with E-state index in [0.717, 1.165) is 5.69 Å². The highest BCUT2D eigenvalue weighted by Gasteiger charge is 2.10. The molecule has 0 spiro atoms.